The lowest BCUT2D eigenvalue weighted by molar-refractivity contribution is -0.140. The van der Waals surface area contributed by atoms with E-state index in [0.717, 1.165) is 42.5 Å². The Morgan fingerprint density at radius 2 is 2.22 bits per heavy atom. The fourth-order valence-corrected chi connectivity index (χ4v) is 3.82. The van der Waals surface area contributed by atoms with Crippen LogP contribution < -0.4 is 5.32 Å². The number of likely N-dealkylation sites (tertiary alicyclic amines) is 1. The molecule has 1 atom stereocenters. The molecule has 1 aromatic rings. The molecule has 2 aliphatic rings. The molecule has 0 bridgehead atoms. The highest BCUT2D eigenvalue weighted by Crippen LogP contribution is 2.19. The third-order valence-electron chi connectivity index (χ3n) is 4.56. The monoisotopic (exact) mass is 379 g/mol. The van der Waals surface area contributed by atoms with E-state index in [-0.39, 0.29) is 17.9 Å². The summed E-state index contributed by atoms with van der Waals surface area (Å²) in [5, 5.41) is 3.10. The van der Waals surface area contributed by atoms with Gasteiger partial charge in [-0.3, -0.25) is 9.59 Å². The van der Waals surface area contributed by atoms with E-state index in [9.17, 15) is 9.59 Å². The Bertz CT molecular complexity index is 593. The van der Waals surface area contributed by atoms with Gasteiger partial charge in [0.15, 0.2) is 0 Å². The average molecular weight is 380 g/mol. The minimum absolute atomic E-state index is 0.149. The van der Waals surface area contributed by atoms with Crippen LogP contribution in [0.3, 0.4) is 0 Å². The van der Waals surface area contributed by atoms with E-state index < -0.39 is 0 Å². The Balaban J connectivity index is 1.61. The molecule has 0 aromatic heterocycles. The summed E-state index contributed by atoms with van der Waals surface area (Å²) in [4.78, 5) is 28.5. The Kier molecular flexibility index (Phi) is 5.33. The van der Waals surface area contributed by atoms with Crippen molar-refractivity contribution < 1.29 is 9.59 Å². The van der Waals surface area contributed by atoms with Gasteiger partial charge in [-0.2, -0.15) is 0 Å². The number of carbonyl (C=O) groups excluding carboxylic acids is 2. The van der Waals surface area contributed by atoms with Gasteiger partial charge in [-0.15, -0.1) is 0 Å². The predicted molar refractivity (Wildman–Crippen MR) is 92.0 cm³/mol. The molecule has 0 spiro atoms. The van der Waals surface area contributed by atoms with Gasteiger partial charge >= 0.3 is 0 Å². The van der Waals surface area contributed by atoms with Crippen molar-refractivity contribution in [3.8, 4) is 0 Å². The number of benzene rings is 1. The summed E-state index contributed by atoms with van der Waals surface area (Å²) in [5.74, 6) is 0.304. The summed E-state index contributed by atoms with van der Waals surface area (Å²) in [7, 11) is 0. The number of rotatable bonds is 3. The van der Waals surface area contributed by atoms with Gasteiger partial charge in [-0.25, -0.2) is 0 Å². The fraction of sp³-hybridized carbons (Fsp3) is 0.529. The molecular formula is C17H22BrN3O2. The molecule has 6 heteroatoms. The summed E-state index contributed by atoms with van der Waals surface area (Å²) in [5.41, 5.74) is 1.02. The van der Waals surface area contributed by atoms with Gasteiger partial charge in [-0.1, -0.05) is 28.1 Å². The van der Waals surface area contributed by atoms with E-state index in [1.807, 2.05) is 34.1 Å². The van der Waals surface area contributed by atoms with Gasteiger partial charge in [0.25, 0.3) is 0 Å². The van der Waals surface area contributed by atoms with Crippen LogP contribution in [0.1, 0.15) is 18.4 Å². The molecule has 2 amide bonds. The largest absolute Gasteiger partial charge is 0.340 e. The van der Waals surface area contributed by atoms with Crippen LogP contribution in [0.15, 0.2) is 28.7 Å². The maximum Gasteiger partial charge on any atom is 0.236 e. The molecule has 1 unspecified atom stereocenters. The summed E-state index contributed by atoms with van der Waals surface area (Å²) in [6.45, 7) is 3.47. The molecule has 0 radical (unpaired) electrons. The van der Waals surface area contributed by atoms with Crippen LogP contribution in [0.25, 0.3) is 0 Å². The number of piperazine rings is 1. The lowest BCUT2D eigenvalue weighted by Crippen LogP contribution is -2.57. The first-order valence-corrected chi connectivity index (χ1v) is 8.95. The zero-order chi connectivity index (χ0) is 16.2. The van der Waals surface area contributed by atoms with Crippen molar-refractivity contribution >= 4 is 27.7 Å². The average Bonchev–Trinajstić information content (AvgIpc) is 2.55. The third-order valence-corrected chi connectivity index (χ3v) is 5.05. The highest BCUT2D eigenvalue weighted by molar-refractivity contribution is 9.10. The lowest BCUT2D eigenvalue weighted by Gasteiger charge is -2.41. The van der Waals surface area contributed by atoms with Crippen molar-refractivity contribution in [2.75, 3.05) is 32.7 Å². The van der Waals surface area contributed by atoms with E-state index in [1.54, 1.807) is 0 Å². The van der Waals surface area contributed by atoms with E-state index in [0.29, 0.717) is 19.5 Å². The molecular weight excluding hydrogens is 358 g/mol. The second-order valence-electron chi connectivity index (χ2n) is 6.21. The maximum atomic E-state index is 12.6. The topological polar surface area (TPSA) is 52.7 Å². The molecule has 2 saturated heterocycles. The second-order valence-corrected chi connectivity index (χ2v) is 7.12. The molecule has 1 N–H and O–H groups in total. The molecule has 124 valence electrons. The zero-order valence-electron chi connectivity index (χ0n) is 13.1. The summed E-state index contributed by atoms with van der Waals surface area (Å²) in [6, 6.07) is 8.04. The number of nitrogens with zero attached hydrogens (tertiary/aromatic N) is 2. The Morgan fingerprint density at radius 1 is 1.35 bits per heavy atom. The molecule has 0 aliphatic carbocycles. The normalized spacial score (nSPS) is 22.3. The van der Waals surface area contributed by atoms with E-state index >= 15 is 0 Å². The van der Waals surface area contributed by atoms with Crippen molar-refractivity contribution in [2.45, 2.75) is 25.3 Å². The Morgan fingerprint density at radius 3 is 3.00 bits per heavy atom. The number of hydrogen-bond acceptors (Lipinski definition) is 3. The van der Waals surface area contributed by atoms with Crippen LogP contribution in [0.2, 0.25) is 0 Å². The smallest absolute Gasteiger partial charge is 0.236 e. The van der Waals surface area contributed by atoms with Crippen molar-refractivity contribution in [1.82, 2.24) is 15.1 Å². The van der Waals surface area contributed by atoms with Crippen LogP contribution in [0.4, 0.5) is 0 Å². The first-order chi connectivity index (χ1) is 11.1. The number of carbonyl (C=O) groups is 2. The maximum absolute atomic E-state index is 12.6. The summed E-state index contributed by atoms with van der Waals surface area (Å²) < 4.78 is 0.991. The molecule has 0 saturated carbocycles. The van der Waals surface area contributed by atoms with Gasteiger partial charge < -0.3 is 15.1 Å². The molecule has 2 aliphatic heterocycles. The SMILES string of the molecule is O=C(Cc1cccc(Br)c1)N1CCCC(N2CCNCC2=O)C1. The molecule has 23 heavy (non-hydrogen) atoms. The van der Waals surface area contributed by atoms with Gasteiger partial charge in [0.1, 0.15) is 0 Å². The number of halogens is 1. The third kappa shape index (κ3) is 4.12. The molecule has 1 aromatic carbocycles. The van der Waals surface area contributed by atoms with Crippen molar-refractivity contribution in [1.29, 1.82) is 0 Å². The molecule has 2 fully saturated rings. The van der Waals surface area contributed by atoms with Crippen LogP contribution in [0.5, 0.6) is 0 Å². The standard InChI is InChI=1S/C17H22BrN3O2/c18-14-4-1-3-13(9-14)10-16(22)20-7-2-5-15(12-20)21-8-6-19-11-17(21)23/h1,3-4,9,15,19H,2,5-8,10-12H2. The first kappa shape index (κ1) is 16.5. The van der Waals surface area contributed by atoms with Gasteiger partial charge in [0, 0.05) is 36.7 Å². The van der Waals surface area contributed by atoms with Gasteiger partial charge in [0.05, 0.1) is 13.0 Å². The van der Waals surface area contributed by atoms with E-state index in [1.165, 1.54) is 0 Å². The minimum Gasteiger partial charge on any atom is -0.340 e. The highest BCUT2D eigenvalue weighted by Gasteiger charge is 2.31. The zero-order valence-corrected chi connectivity index (χ0v) is 14.7. The summed E-state index contributed by atoms with van der Waals surface area (Å²) in [6.07, 6.45) is 2.38. The van der Waals surface area contributed by atoms with Crippen LogP contribution >= 0.6 is 15.9 Å². The summed E-state index contributed by atoms with van der Waals surface area (Å²) >= 11 is 3.44. The van der Waals surface area contributed by atoms with Crippen LogP contribution in [0, 0.1) is 0 Å². The lowest BCUT2D eigenvalue weighted by atomic mass is 10.0. The molecule has 3 rings (SSSR count). The number of amides is 2. The minimum atomic E-state index is 0.149. The Hall–Kier alpha value is -1.40. The van der Waals surface area contributed by atoms with Gasteiger partial charge in [-0.05, 0) is 30.5 Å². The fourth-order valence-electron chi connectivity index (χ4n) is 3.38. The quantitative estimate of drug-likeness (QED) is 0.863. The Labute approximate surface area is 145 Å². The predicted octanol–water partition coefficient (Wildman–Crippen LogP) is 1.41. The number of hydrogen-bond donors (Lipinski definition) is 1. The van der Waals surface area contributed by atoms with E-state index in [2.05, 4.69) is 21.2 Å². The molecule has 5 nitrogen and oxygen atoms in total. The van der Waals surface area contributed by atoms with Crippen LogP contribution in [-0.4, -0.2) is 60.4 Å². The number of piperidine rings is 1. The van der Waals surface area contributed by atoms with Crippen LogP contribution in [-0.2, 0) is 16.0 Å². The molecule has 2 heterocycles. The van der Waals surface area contributed by atoms with Crippen molar-refractivity contribution in [3.63, 3.8) is 0 Å². The van der Waals surface area contributed by atoms with Crippen molar-refractivity contribution in [3.05, 3.63) is 34.3 Å². The highest BCUT2D eigenvalue weighted by atomic mass is 79.9. The first-order valence-electron chi connectivity index (χ1n) is 8.16. The van der Waals surface area contributed by atoms with E-state index in [4.69, 9.17) is 0 Å². The number of nitrogens with one attached hydrogen (secondary N) is 1. The van der Waals surface area contributed by atoms with Crippen molar-refractivity contribution in [2.24, 2.45) is 0 Å². The second kappa shape index (κ2) is 7.45. The van der Waals surface area contributed by atoms with Gasteiger partial charge in [0.2, 0.25) is 11.8 Å².